The van der Waals surface area contributed by atoms with E-state index in [4.69, 9.17) is 11.6 Å². The van der Waals surface area contributed by atoms with Crippen LogP contribution in [0.3, 0.4) is 0 Å². The largest absolute Gasteiger partial charge is 0.321 e. The summed E-state index contributed by atoms with van der Waals surface area (Å²) in [5.74, 6) is -0.235. The highest BCUT2D eigenvalue weighted by atomic mass is 35.5. The fraction of sp³-hybridized carbons (Fsp3) is 0. The van der Waals surface area contributed by atoms with Crippen LogP contribution in [-0.2, 0) is 0 Å². The number of hydrogen-bond acceptors (Lipinski definition) is 3. The molecule has 0 atom stereocenters. The molecule has 0 unspecified atom stereocenters. The molecule has 0 spiro atoms. The van der Waals surface area contributed by atoms with E-state index < -0.39 is 0 Å². The summed E-state index contributed by atoms with van der Waals surface area (Å²) in [5, 5.41) is 10.5. The van der Waals surface area contributed by atoms with Crippen LogP contribution in [0.5, 0.6) is 0 Å². The van der Waals surface area contributed by atoms with E-state index in [0.29, 0.717) is 21.8 Å². The van der Waals surface area contributed by atoms with Gasteiger partial charge in [0, 0.05) is 17.8 Å². The van der Waals surface area contributed by atoms with Gasteiger partial charge in [0.15, 0.2) is 0 Å². The van der Waals surface area contributed by atoms with Crippen LogP contribution in [0.25, 0.3) is 10.9 Å². The lowest BCUT2D eigenvalue weighted by atomic mass is 10.1. The van der Waals surface area contributed by atoms with E-state index in [1.165, 1.54) is 12.4 Å². The van der Waals surface area contributed by atoms with Crippen molar-refractivity contribution in [3.8, 4) is 0 Å². The second kappa shape index (κ2) is 4.70. The summed E-state index contributed by atoms with van der Waals surface area (Å²) in [6.07, 6.45) is 4.66. The van der Waals surface area contributed by atoms with Crippen molar-refractivity contribution < 1.29 is 4.79 Å². The summed E-state index contributed by atoms with van der Waals surface area (Å²) in [5.41, 5.74) is 1.79. The maximum absolute atomic E-state index is 12.0. The molecule has 0 saturated carbocycles. The van der Waals surface area contributed by atoms with E-state index in [2.05, 4.69) is 20.5 Å². The number of H-pyrrole nitrogens is 1. The quantitative estimate of drug-likeness (QED) is 0.753. The first-order valence-corrected chi connectivity index (χ1v) is 5.97. The van der Waals surface area contributed by atoms with Gasteiger partial charge < -0.3 is 5.32 Å². The molecule has 3 aromatic rings. The van der Waals surface area contributed by atoms with E-state index in [0.717, 1.165) is 5.39 Å². The monoisotopic (exact) mass is 272 g/mol. The van der Waals surface area contributed by atoms with Crippen molar-refractivity contribution in [2.45, 2.75) is 0 Å². The standard InChI is InChI=1S/C13H9ClN4O/c14-10-3-4-11(9-2-1-5-15-12(9)10)18-13(19)8-6-16-17-7-8/h1-7H,(H,16,17)(H,18,19). The van der Waals surface area contributed by atoms with E-state index in [1.807, 2.05) is 6.07 Å². The van der Waals surface area contributed by atoms with Crippen LogP contribution >= 0.6 is 11.6 Å². The number of fused-ring (bicyclic) bond motifs is 1. The van der Waals surface area contributed by atoms with Gasteiger partial charge in [0.2, 0.25) is 0 Å². The number of amides is 1. The zero-order valence-electron chi connectivity index (χ0n) is 9.72. The Morgan fingerprint density at radius 2 is 2.21 bits per heavy atom. The van der Waals surface area contributed by atoms with Crippen molar-refractivity contribution in [3.05, 3.63) is 53.4 Å². The number of halogens is 1. The first kappa shape index (κ1) is 11.7. The van der Waals surface area contributed by atoms with E-state index in [1.54, 1.807) is 24.4 Å². The van der Waals surface area contributed by atoms with E-state index in [-0.39, 0.29) is 5.91 Å². The summed E-state index contributed by atoms with van der Waals surface area (Å²) >= 11 is 6.07. The zero-order valence-corrected chi connectivity index (χ0v) is 10.5. The number of aromatic amines is 1. The fourth-order valence-corrected chi connectivity index (χ4v) is 2.03. The molecule has 0 fully saturated rings. The van der Waals surface area contributed by atoms with Crippen molar-refractivity contribution in [2.24, 2.45) is 0 Å². The molecule has 3 rings (SSSR count). The molecule has 2 aromatic heterocycles. The molecule has 2 N–H and O–H groups in total. The third-order valence-corrected chi connectivity index (χ3v) is 3.03. The first-order valence-electron chi connectivity index (χ1n) is 5.59. The van der Waals surface area contributed by atoms with Crippen LogP contribution in [0.1, 0.15) is 10.4 Å². The van der Waals surface area contributed by atoms with Crippen molar-refractivity contribution in [2.75, 3.05) is 5.32 Å². The number of hydrogen-bond donors (Lipinski definition) is 2. The Kier molecular flexibility index (Phi) is 2.89. The number of pyridine rings is 1. The molecule has 0 aliphatic carbocycles. The third kappa shape index (κ3) is 2.15. The third-order valence-electron chi connectivity index (χ3n) is 2.73. The molecule has 1 amide bonds. The Bertz CT molecular complexity index is 739. The second-order valence-corrected chi connectivity index (χ2v) is 4.34. The molecular formula is C13H9ClN4O. The van der Waals surface area contributed by atoms with Gasteiger partial charge in [-0.1, -0.05) is 11.6 Å². The molecule has 19 heavy (non-hydrogen) atoms. The van der Waals surface area contributed by atoms with Crippen molar-refractivity contribution in [3.63, 3.8) is 0 Å². The summed E-state index contributed by atoms with van der Waals surface area (Å²) in [6, 6.07) is 7.12. The van der Waals surface area contributed by atoms with Crippen LogP contribution in [0.2, 0.25) is 5.02 Å². The van der Waals surface area contributed by atoms with Gasteiger partial charge in [-0.15, -0.1) is 0 Å². The highest BCUT2D eigenvalue weighted by molar-refractivity contribution is 6.35. The minimum absolute atomic E-state index is 0.235. The number of aromatic nitrogens is 3. The molecule has 0 aliphatic rings. The van der Waals surface area contributed by atoms with Gasteiger partial charge >= 0.3 is 0 Å². The minimum atomic E-state index is -0.235. The number of rotatable bonds is 2. The van der Waals surface area contributed by atoms with Crippen molar-refractivity contribution in [1.82, 2.24) is 15.2 Å². The summed E-state index contributed by atoms with van der Waals surface area (Å²) in [7, 11) is 0. The SMILES string of the molecule is O=C(Nc1ccc(Cl)c2ncccc12)c1cn[nH]c1. The average molecular weight is 273 g/mol. The molecule has 1 aromatic carbocycles. The molecule has 6 heteroatoms. The molecule has 0 aliphatic heterocycles. The molecule has 0 saturated heterocycles. The summed E-state index contributed by atoms with van der Waals surface area (Å²) in [6.45, 7) is 0. The molecule has 0 bridgehead atoms. The van der Waals surface area contributed by atoms with Gasteiger partial charge in [-0.05, 0) is 24.3 Å². The first-order chi connectivity index (χ1) is 9.25. The van der Waals surface area contributed by atoms with Crippen molar-refractivity contribution >= 4 is 34.1 Å². The van der Waals surface area contributed by atoms with Gasteiger partial charge in [0.25, 0.3) is 5.91 Å². The maximum atomic E-state index is 12.0. The zero-order chi connectivity index (χ0) is 13.2. The smallest absolute Gasteiger partial charge is 0.258 e. The van der Waals surface area contributed by atoms with Crippen LogP contribution in [-0.4, -0.2) is 21.1 Å². The van der Waals surface area contributed by atoms with E-state index >= 15 is 0 Å². The van der Waals surface area contributed by atoms with Crippen LogP contribution in [0.4, 0.5) is 5.69 Å². The van der Waals surface area contributed by atoms with Crippen LogP contribution in [0, 0.1) is 0 Å². The van der Waals surface area contributed by atoms with Gasteiger partial charge in [-0.3, -0.25) is 14.9 Å². The van der Waals surface area contributed by atoms with Gasteiger partial charge in [-0.2, -0.15) is 5.10 Å². The Hall–Kier alpha value is -2.40. The number of nitrogens with zero attached hydrogens (tertiary/aromatic N) is 2. The highest BCUT2D eigenvalue weighted by Crippen LogP contribution is 2.28. The van der Waals surface area contributed by atoms with Crippen LogP contribution < -0.4 is 5.32 Å². The number of nitrogens with one attached hydrogen (secondary N) is 2. The lowest BCUT2D eigenvalue weighted by Gasteiger charge is -2.08. The average Bonchev–Trinajstić information content (AvgIpc) is 2.96. The Morgan fingerprint density at radius 3 is 3.00 bits per heavy atom. The fourth-order valence-electron chi connectivity index (χ4n) is 1.82. The topological polar surface area (TPSA) is 70.7 Å². The number of carbonyl (C=O) groups is 1. The van der Waals surface area contributed by atoms with Gasteiger partial charge in [0.1, 0.15) is 0 Å². The van der Waals surface area contributed by atoms with Crippen LogP contribution in [0.15, 0.2) is 42.9 Å². The predicted molar refractivity (Wildman–Crippen MR) is 73.3 cm³/mol. The maximum Gasteiger partial charge on any atom is 0.258 e. The number of anilines is 1. The number of benzene rings is 1. The van der Waals surface area contributed by atoms with E-state index in [9.17, 15) is 4.79 Å². The molecule has 2 heterocycles. The predicted octanol–water partition coefficient (Wildman–Crippen LogP) is 2.86. The number of carbonyl (C=O) groups excluding carboxylic acids is 1. The normalized spacial score (nSPS) is 10.6. The minimum Gasteiger partial charge on any atom is -0.321 e. The molecule has 5 nitrogen and oxygen atoms in total. The summed E-state index contributed by atoms with van der Waals surface area (Å²) in [4.78, 5) is 16.2. The van der Waals surface area contributed by atoms with Crippen molar-refractivity contribution in [1.29, 1.82) is 0 Å². The highest BCUT2D eigenvalue weighted by Gasteiger charge is 2.10. The molecular weight excluding hydrogens is 264 g/mol. The molecule has 0 radical (unpaired) electrons. The Balaban J connectivity index is 2.02. The summed E-state index contributed by atoms with van der Waals surface area (Å²) < 4.78 is 0. The Morgan fingerprint density at radius 1 is 1.32 bits per heavy atom. The lowest BCUT2D eigenvalue weighted by molar-refractivity contribution is 0.102. The van der Waals surface area contributed by atoms with Gasteiger partial charge in [-0.25, -0.2) is 0 Å². The Labute approximate surface area is 113 Å². The molecule has 94 valence electrons. The second-order valence-electron chi connectivity index (χ2n) is 3.94. The van der Waals surface area contributed by atoms with Gasteiger partial charge in [0.05, 0.1) is 28.0 Å². The lowest BCUT2D eigenvalue weighted by Crippen LogP contribution is -2.11.